The number of rotatable bonds is 15. The lowest BCUT2D eigenvalue weighted by molar-refractivity contribution is -0.340. The van der Waals surface area contributed by atoms with E-state index in [4.69, 9.17) is 14.7 Å². The third-order valence-electron chi connectivity index (χ3n) is 3.21. The Morgan fingerprint density at radius 1 is 0.621 bits per heavy atom. The quantitative estimate of drug-likeness (QED) is 0.164. The summed E-state index contributed by atoms with van der Waals surface area (Å²) in [7, 11) is -4.80. The number of carbonyl (C=O) groups is 3. The van der Waals surface area contributed by atoms with Gasteiger partial charge in [0, 0.05) is 0 Å². The van der Waals surface area contributed by atoms with Crippen molar-refractivity contribution in [2.45, 2.75) is 59.9 Å². The lowest BCUT2D eigenvalue weighted by atomic mass is 10.1. The van der Waals surface area contributed by atoms with Gasteiger partial charge in [-0.15, -0.1) is 14.0 Å². The van der Waals surface area contributed by atoms with Crippen molar-refractivity contribution >= 4 is 25.2 Å². The van der Waals surface area contributed by atoms with Gasteiger partial charge in [-0.1, -0.05) is 19.7 Å². The summed E-state index contributed by atoms with van der Waals surface area (Å²) in [6.45, 7) is 18.6. The molecule has 0 amide bonds. The summed E-state index contributed by atoms with van der Waals surface area (Å²) in [5.41, 5.74) is 0.477. The molecule has 0 fully saturated rings. The minimum atomic E-state index is -4.80. The molecule has 0 bridgehead atoms. The minimum absolute atomic E-state index is 0.159. The molecule has 0 radical (unpaired) electrons. The number of hydrogen-bond acceptors (Lipinski definition) is 10. The Morgan fingerprint density at radius 3 is 1.00 bits per heavy atom. The van der Waals surface area contributed by atoms with Crippen LogP contribution in [0.15, 0.2) is 36.5 Å². The van der Waals surface area contributed by atoms with Gasteiger partial charge in [0.05, 0.1) is 0 Å². The van der Waals surface area contributed by atoms with Crippen LogP contribution in [0.2, 0.25) is 0 Å². The Hall–Kier alpha value is -1.78. The van der Waals surface area contributed by atoms with Crippen LogP contribution in [0.25, 0.3) is 0 Å². The molecule has 0 spiro atoms. The molecule has 3 atom stereocenters. The number of hydrogen-bond donors (Lipinski definition) is 0. The van der Waals surface area contributed by atoms with Crippen molar-refractivity contribution in [2.75, 3.05) is 0 Å². The fourth-order valence-electron chi connectivity index (χ4n) is 1.56. The van der Waals surface area contributed by atoms with E-state index in [2.05, 4.69) is 33.8 Å². The molecule has 3 unspecified atom stereocenters. The zero-order chi connectivity index (χ0) is 22.9. The molecule has 0 heterocycles. The second-order valence-electron chi connectivity index (χ2n) is 6.32. The molecule has 0 N–H and O–H groups in total. The molecule has 10 nitrogen and oxygen atoms in total. The molecule has 29 heavy (non-hydrogen) atoms. The monoisotopic (exact) mass is 434 g/mol. The van der Waals surface area contributed by atoms with Crippen molar-refractivity contribution in [1.82, 2.24) is 0 Å². The average molecular weight is 434 g/mol. The van der Waals surface area contributed by atoms with Gasteiger partial charge in [-0.3, -0.25) is 14.4 Å². The molecule has 0 saturated carbocycles. The van der Waals surface area contributed by atoms with Gasteiger partial charge < -0.3 is 0 Å². The van der Waals surface area contributed by atoms with E-state index >= 15 is 0 Å². The number of phosphoric acid groups is 1. The van der Waals surface area contributed by atoms with E-state index in [0.29, 0.717) is 0 Å². The van der Waals surface area contributed by atoms with Crippen LogP contribution in [0.4, 0.5) is 0 Å². The van der Waals surface area contributed by atoms with Gasteiger partial charge in [-0.25, -0.2) is 19.2 Å². The van der Waals surface area contributed by atoms with E-state index in [1.807, 2.05) is 0 Å². The van der Waals surface area contributed by atoms with Gasteiger partial charge in [0.1, 0.15) is 0 Å². The highest BCUT2D eigenvalue weighted by Gasteiger charge is 2.37. The molecule has 0 rings (SSSR count). The smallest absolute Gasteiger partial charge is 0.291 e. The van der Waals surface area contributed by atoms with Gasteiger partial charge in [0.15, 0.2) is 35.7 Å². The van der Waals surface area contributed by atoms with Crippen molar-refractivity contribution in [3.8, 4) is 0 Å². The first-order chi connectivity index (χ1) is 13.2. The molecule has 0 aliphatic carbocycles. The van der Waals surface area contributed by atoms with Gasteiger partial charge in [-0.05, 0) is 58.3 Å². The van der Waals surface area contributed by atoms with Gasteiger partial charge in [-0.2, -0.15) is 0 Å². The van der Waals surface area contributed by atoms with Crippen molar-refractivity contribution in [1.29, 1.82) is 0 Å². The molecule has 0 aliphatic heterocycles. The molecular formula is C18H27O10P. The summed E-state index contributed by atoms with van der Waals surface area (Å²) in [5.74, 6) is -1.64. The predicted molar refractivity (Wildman–Crippen MR) is 102 cm³/mol. The maximum absolute atomic E-state index is 12.7. The summed E-state index contributed by atoms with van der Waals surface area (Å²) in [5, 5.41) is 0. The van der Waals surface area contributed by atoms with Gasteiger partial charge >= 0.3 is 7.82 Å². The zero-order valence-electron chi connectivity index (χ0n) is 17.4. The number of Topliss-reactive ketones (excluding diaryl/α,β-unsaturated/α-hetero) is 3. The largest absolute Gasteiger partial charge is 0.556 e. The first kappa shape index (κ1) is 27.2. The lowest BCUT2D eigenvalue weighted by Crippen LogP contribution is -2.25. The molecule has 0 saturated heterocycles. The third kappa shape index (κ3) is 9.51. The summed E-state index contributed by atoms with van der Waals surface area (Å²) in [6, 6.07) is 0. The molecule has 0 aromatic carbocycles. The van der Waals surface area contributed by atoms with Crippen LogP contribution in [-0.2, 0) is 47.6 Å². The van der Waals surface area contributed by atoms with Crippen LogP contribution in [0.3, 0.4) is 0 Å². The molecular weight excluding hydrogens is 407 g/mol. The predicted octanol–water partition coefficient (Wildman–Crippen LogP) is 3.54. The van der Waals surface area contributed by atoms with E-state index < -0.39 is 43.5 Å². The second-order valence-corrected chi connectivity index (χ2v) is 7.66. The Bertz CT molecular complexity index is 631. The summed E-state index contributed by atoms with van der Waals surface area (Å²) in [6.07, 6.45) is -3.68. The zero-order valence-corrected chi connectivity index (χ0v) is 18.3. The second kappa shape index (κ2) is 12.0. The van der Waals surface area contributed by atoms with Crippen molar-refractivity contribution in [3.63, 3.8) is 0 Å². The minimum Gasteiger partial charge on any atom is -0.291 e. The third-order valence-corrected chi connectivity index (χ3v) is 4.01. The summed E-state index contributed by atoms with van der Waals surface area (Å²) < 4.78 is 26.4. The molecule has 11 heteroatoms. The average Bonchev–Trinajstić information content (AvgIpc) is 2.66. The maximum atomic E-state index is 12.7. The number of carbonyl (C=O) groups excluding carboxylic acids is 3. The highest BCUT2D eigenvalue weighted by molar-refractivity contribution is 7.48. The Morgan fingerprint density at radius 2 is 0.828 bits per heavy atom. The standard InChI is InChI=1S/C18H27O10P/c1-10(2)16(19)13(7)23-26-29(22,27-24-14(8)17(20)11(3)4)28-25-15(9)18(21)12(5)6/h13-15H,1,3,5H2,2,4,6-9H3. The van der Waals surface area contributed by atoms with Crippen LogP contribution < -0.4 is 0 Å². The van der Waals surface area contributed by atoms with E-state index in [1.165, 1.54) is 41.5 Å². The Balaban J connectivity index is 5.22. The first-order valence-electron chi connectivity index (χ1n) is 8.46. The van der Waals surface area contributed by atoms with Crippen LogP contribution >= 0.6 is 7.82 Å². The SMILES string of the molecule is C=C(C)C(=O)C(C)OOP(=O)(OOC(C)C(=O)C(=C)C)OOC(C)C(=O)C(=C)C. The first-order valence-corrected chi connectivity index (χ1v) is 9.92. The van der Waals surface area contributed by atoms with E-state index in [-0.39, 0.29) is 16.7 Å². The van der Waals surface area contributed by atoms with Gasteiger partial charge in [0.2, 0.25) is 0 Å². The van der Waals surface area contributed by atoms with E-state index in [9.17, 15) is 18.9 Å². The number of ketones is 3. The fraction of sp³-hybridized carbons (Fsp3) is 0.500. The topological polar surface area (TPSA) is 124 Å². The highest BCUT2D eigenvalue weighted by atomic mass is 31.2. The fourth-order valence-corrected chi connectivity index (χ4v) is 2.34. The van der Waals surface area contributed by atoms with E-state index in [1.54, 1.807) is 0 Å². The van der Waals surface area contributed by atoms with Crippen LogP contribution in [0.5, 0.6) is 0 Å². The Kier molecular flexibility index (Phi) is 11.3. The van der Waals surface area contributed by atoms with Crippen LogP contribution in [-0.4, -0.2) is 35.7 Å². The molecule has 164 valence electrons. The van der Waals surface area contributed by atoms with Crippen LogP contribution in [0, 0.1) is 0 Å². The van der Waals surface area contributed by atoms with Crippen molar-refractivity contribution < 1.29 is 47.6 Å². The van der Waals surface area contributed by atoms with E-state index in [0.717, 1.165) is 0 Å². The van der Waals surface area contributed by atoms with Crippen molar-refractivity contribution in [3.05, 3.63) is 36.5 Å². The van der Waals surface area contributed by atoms with Gasteiger partial charge in [0.25, 0.3) is 0 Å². The highest BCUT2D eigenvalue weighted by Crippen LogP contribution is 2.51. The molecule has 0 aromatic heterocycles. The summed E-state index contributed by atoms with van der Waals surface area (Å²) in [4.78, 5) is 49.5. The Labute approximate surface area is 169 Å². The normalized spacial score (nSPS) is 16.2. The summed E-state index contributed by atoms with van der Waals surface area (Å²) >= 11 is 0. The maximum Gasteiger partial charge on any atom is 0.556 e. The molecule has 0 aliphatic rings. The van der Waals surface area contributed by atoms with Crippen LogP contribution in [0.1, 0.15) is 41.5 Å². The lowest BCUT2D eigenvalue weighted by Gasteiger charge is -2.19. The van der Waals surface area contributed by atoms with Crippen molar-refractivity contribution in [2.24, 2.45) is 0 Å². The molecule has 0 aromatic rings.